The summed E-state index contributed by atoms with van der Waals surface area (Å²) in [6.07, 6.45) is 0.845. The van der Waals surface area contributed by atoms with Crippen molar-refractivity contribution < 1.29 is 14.7 Å². The van der Waals surface area contributed by atoms with E-state index in [1.165, 1.54) is 0 Å². The van der Waals surface area contributed by atoms with Gasteiger partial charge in [0.1, 0.15) is 5.75 Å². The van der Waals surface area contributed by atoms with Gasteiger partial charge in [0.15, 0.2) is 0 Å². The van der Waals surface area contributed by atoms with Crippen molar-refractivity contribution in [3.63, 3.8) is 0 Å². The molecule has 1 aromatic rings. The maximum absolute atomic E-state index is 8.77. The Morgan fingerprint density at radius 2 is 2.06 bits per heavy atom. The Morgan fingerprint density at radius 3 is 2.76 bits per heavy atom. The molecule has 0 aliphatic heterocycles. The van der Waals surface area contributed by atoms with Crippen LogP contribution in [0.4, 0.5) is 0 Å². The van der Waals surface area contributed by atoms with Gasteiger partial charge in [0.25, 0.3) is 0 Å². The van der Waals surface area contributed by atoms with Crippen LogP contribution in [0.3, 0.4) is 0 Å². The Hall–Kier alpha value is -1.55. The Labute approximate surface area is 102 Å². The molecule has 0 aliphatic rings. The van der Waals surface area contributed by atoms with Crippen molar-refractivity contribution in [1.82, 2.24) is 0 Å². The average Bonchev–Trinajstić information content (AvgIpc) is 2.38. The molecule has 0 unspecified atom stereocenters. The Kier molecular flexibility index (Phi) is 6.10. The van der Waals surface area contributed by atoms with Gasteiger partial charge < -0.3 is 14.7 Å². The standard InChI is InChI=1S/C13H19NO3/c1-3-16-9-6-10-17-13-8-5-4-7-12(13)11(2)14-15/h4-5,7-8,15H,3,6,9-10H2,1-2H3. The summed E-state index contributed by atoms with van der Waals surface area (Å²) in [6.45, 7) is 5.73. The monoisotopic (exact) mass is 237 g/mol. The van der Waals surface area contributed by atoms with Crippen molar-refractivity contribution in [2.45, 2.75) is 20.3 Å². The maximum Gasteiger partial charge on any atom is 0.128 e. The summed E-state index contributed by atoms with van der Waals surface area (Å²) in [7, 11) is 0. The molecule has 0 aromatic heterocycles. The first-order chi connectivity index (χ1) is 8.29. The lowest BCUT2D eigenvalue weighted by Crippen LogP contribution is -2.06. The average molecular weight is 237 g/mol. The zero-order chi connectivity index (χ0) is 12.5. The Bertz CT molecular complexity index is 363. The van der Waals surface area contributed by atoms with E-state index in [4.69, 9.17) is 14.7 Å². The molecule has 1 aromatic carbocycles. The van der Waals surface area contributed by atoms with E-state index in [1.54, 1.807) is 6.92 Å². The first kappa shape index (κ1) is 13.5. The van der Waals surface area contributed by atoms with E-state index in [1.807, 2.05) is 31.2 Å². The third-order valence-electron chi connectivity index (χ3n) is 2.32. The minimum absolute atomic E-state index is 0.547. The van der Waals surface area contributed by atoms with E-state index in [-0.39, 0.29) is 0 Å². The minimum atomic E-state index is 0.547. The van der Waals surface area contributed by atoms with E-state index >= 15 is 0 Å². The largest absolute Gasteiger partial charge is 0.493 e. The van der Waals surface area contributed by atoms with Gasteiger partial charge in [-0.3, -0.25) is 0 Å². The lowest BCUT2D eigenvalue weighted by molar-refractivity contribution is 0.131. The van der Waals surface area contributed by atoms with Gasteiger partial charge in [0.2, 0.25) is 0 Å². The van der Waals surface area contributed by atoms with Gasteiger partial charge in [-0.25, -0.2) is 0 Å². The molecule has 0 saturated carbocycles. The van der Waals surface area contributed by atoms with E-state index < -0.39 is 0 Å². The van der Waals surface area contributed by atoms with Crippen LogP contribution in [0.5, 0.6) is 5.75 Å². The molecule has 0 spiro atoms. The van der Waals surface area contributed by atoms with Crippen LogP contribution in [0, 0.1) is 0 Å². The van der Waals surface area contributed by atoms with E-state index in [0.29, 0.717) is 18.9 Å². The zero-order valence-corrected chi connectivity index (χ0v) is 10.3. The van der Waals surface area contributed by atoms with Gasteiger partial charge in [0.05, 0.1) is 12.3 Å². The Balaban J connectivity index is 2.53. The molecule has 0 heterocycles. The van der Waals surface area contributed by atoms with Crippen LogP contribution in [0.15, 0.2) is 29.4 Å². The van der Waals surface area contributed by atoms with E-state index in [2.05, 4.69) is 5.16 Å². The van der Waals surface area contributed by atoms with Crippen molar-refractivity contribution in [3.05, 3.63) is 29.8 Å². The van der Waals surface area contributed by atoms with Gasteiger partial charge in [-0.2, -0.15) is 0 Å². The summed E-state index contributed by atoms with van der Waals surface area (Å²) >= 11 is 0. The summed E-state index contributed by atoms with van der Waals surface area (Å²) in [6, 6.07) is 7.51. The second-order valence-electron chi connectivity index (χ2n) is 3.58. The molecule has 0 bridgehead atoms. The summed E-state index contributed by atoms with van der Waals surface area (Å²) in [4.78, 5) is 0. The predicted molar refractivity (Wildman–Crippen MR) is 67.0 cm³/mol. The first-order valence-corrected chi connectivity index (χ1v) is 5.78. The smallest absolute Gasteiger partial charge is 0.128 e. The number of hydrogen-bond donors (Lipinski definition) is 1. The first-order valence-electron chi connectivity index (χ1n) is 5.78. The number of benzene rings is 1. The number of oxime groups is 1. The van der Waals surface area contributed by atoms with Crippen molar-refractivity contribution in [1.29, 1.82) is 0 Å². The molecule has 0 atom stereocenters. The van der Waals surface area contributed by atoms with Gasteiger partial charge in [-0.15, -0.1) is 0 Å². The number of nitrogens with zero attached hydrogens (tertiary/aromatic N) is 1. The van der Waals surface area contributed by atoms with E-state index in [0.717, 1.165) is 24.3 Å². The van der Waals surface area contributed by atoms with Crippen LogP contribution in [0.25, 0.3) is 0 Å². The molecule has 4 nitrogen and oxygen atoms in total. The molecule has 0 fully saturated rings. The van der Waals surface area contributed by atoms with Crippen molar-refractivity contribution in [2.24, 2.45) is 5.16 Å². The Morgan fingerprint density at radius 1 is 1.29 bits per heavy atom. The quantitative estimate of drug-likeness (QED) is 0.343. The lowest BCUT2D eigenvalue weighted by Gasteiger charge is -2.10. The van der Waals surface area contributed by atoms with Gasteiger partial charge >= 0.3 is 0 Å². The van der Waals surface area contributed by atoms with Crippen LogP contribution in [-0.2, 0) is 4.74 Å². The number of rotatable bonds is 7. The number of hydrogen-bond acceptors (Lipinski definition) is 4. The minimum Gasteiger partial charge on any atom is -0.493 e. The molecule has 17 heavy (non-hydrogen) atoms. The molecular weight excluding hydrogens is 218 g/mol. The normalized spacial score (nSPS) is 11.5. The van der Waals surface area contributed by atoms with Crippen molar-refractivity contribution >= 4 is 5.71 Å². The fraction of sp³-hybridized carbons (Fsp3) is 0.462. The summed E-state index contributed by atoms with van der Waals surface area (Å²) < 4.78 is 10.9. The molecule has 1 rings (SSSR count). The molecule has 4 heteroatoms. The zero-order valence-electron chi connectivity index (χ0n) is 10.3. The molecular formula is C13H19NO3. The second kappa shape index (κ2) is 7.68. The highest BCUT2D eigenvalue weighted by Gasteiger charge is 2.05. The molecule has 0 amide bonds. The second-order valence-corrected chi connectivity index (χ2v) is 3.58. The lowest BCUT2D eigenvalue weighted by atomic mass is 10.1. The maximum atomic E-state index is 8.77. The number of ether oxygens (including phenoxy) is 2. The molecule has 0 radical (unpaired) electrons. The molecule has 0 aliphatic carbocycles. The van der Waals surface area contributed by atoms with Crippen LogP contribution < -0.4 is 4.74 Å². The van der Waals surface area contributed by atoms with E-state index in [9.17, 15) is 0 Å². The van der Waals surface area contributed by atoms with Crippen LogP contribution in [-0.4, -0.2) is 30.7 Å². The van der Waals surface area contributed by atoms with Crippen molar-refractivity contribution in [2.75, 3.05) is 19.8 Å². The summed E-state index contributed by atoms with van der Waals surface area (Å²) in [5.41, 5.74) is 1.36. The van der Waals surface area contributed by atoms with Crippen LogP contribution >= 0.6 is 0 Å². The molecule has 0 saturated heterocycles. The SMILES string of the molecule is CCOCCCOc1ccccc1C(C)=NO. The summed E-state index contributed by atoms with van der Waals surface area (Å²) in [5.74, 6) is 0.735. The highest BCUT2D eigenvalue weighted by molar-refractivity contribution is 6.00. The highest BCUT2D eigenvalue weighted by atomic mass is 16.5. The van der Waals surface area contributed by atoms with Crippen molar-refractivity contribution in [3.8, 4) is 5.75 Å². The fourth-order valence-corrected chi connectivity index (χ4v) is 1.43. The fourth-order valence-electron chi connectivity index (χ4n) is 1.43. The van der Waals surface area contributed by atoms with Gasteiger partial charge in [0, 0.05) is 25.2 Å². The van der Waals surface area contributed by atoms with Gasteiger partial charge in [-0.1, -0.05) is 17.3 Å². The molecule has 94 valence electrons. The third kappa shape index (κ3) is 4.44. The predicted octanol–water partition coefficient (Wildman–Crippen LogP) is 2.69. The van der Waals surface area contributed by atoms with Crippen LogP contribution in [0.2, 0.25) is 0 Å². The highest BCUT2D eigenvalue weighted by Crippen LogP contribution is 2.18. The third-order valence-corrected chi connectivity index (χ3v) is 2.32. The molecule has 1 N–H and O–H groups in total. The summed E-state index contributed by atoms with van der Waals surface area (Å²) in [5, 5.41) is 12.0. The number of para-hydroxylation sites is 1. The van der Waals surface area contributed by atoms with Crippen LogP contribution in [0.1, 0.15) is 25.8 Å². The topological polar surface area (TPSA) is 51.0 Å². The van der Waals surface area contributed by atoms with Gasteiger partial charge in [-0.05, 0) is 26.0 Å².